The summed E-state index contributed by atoms with van der Waals surface area (Å²) in [5.41, 5.74) is 4.00. The first-order valence-electron chi connectivity index (χ1n) is 8.27. The van der Waals surface area contributed by atoms with Gasteiger partial charge in [0.1, 0.15) is 5.75 Å². The number of ether oxygens (including phenoxy) is 1. The van der Waals surface area contributed by atoms with Gasteiger partial charge in [-0.05, 0) is 48.5 Å². The molecule has 2 aromatic rings. The lowest BCUT2D eigenvalue weighted by Crippen LogP contribution is -2.39. The number of nitrogens with one attached hydrogen (secondary N) is 1. The van der Waals surface area contributed by atoms with Gasteiger partial charge in [0.25, 0.3) is 5.91 Å². The Morgan fingerprint density at radius 2 is 2.00 bits per heavy atom. The molecule has 1 N–H and O–H groups in total. The Bertz CT molecular complexity index is 817. The van der Waals surface area contributed by atoms with Gasteiger partial charge in [-0.1, -0.05) is 31.5 Å². The molecule has 25 heavy (non-hydrogen) atoms. The van der Waals surface area contributed by atoms with Crippen molar-refractivity contribution in [3.8, 4) is 5.75 Å². The highest BCUT2D eigenvalue weighted by Gasteiger charge is 2.30. The van der Waals surface area contributed by atoms with Crippen molar-refractivity contribution in [2.75, 3.05) is 26.0 Å². The third-order valence-corrected chi connectivity index (χ3v) is 4.91. The van der Waals surface area contributed by atoms with E-state index in [0.29, 0.717) is 16.3 Å². The number of halogens is 1. The first-order valence-corrected chi connectivity index (χ1v) is 8.65. The third-order valence-electron chi connectivity index (χ3n) is 4.61. The van der Waals surface area contributed by atoms with Gasteiger partial charge >= 0.3 is 0 Å². The average molecular weight is 359 g/mol. The number of likely N-dealkylation sites (N-methyl/N-ethyl adjacent to an activating group) is 1. The van der Waals surface area contributed by atoms with E-state index in [4.69, 9.17) is 16.3 Å². The van der Waals surface area contributed by atoms with Gasteiger partial charge in [0, 0.05) is 29.8 Å². The minimum Gasteiger partial charge on any atom is -0.495 e. The van der Waals surface area contributed by atoms with Gasteiger partial charge in [-0.3, -0.25) is 4.79 Å². The number of anilines is 1. The molecule has 0 atom stereocenters. The number of benzene rings is 2. The number of hydrogen-bond acceptors (Lipinski definition) is 3. The fourth-order valence-electron chi connectivity index (χ4n) is 3.58. The number of carbonyl (C=O) groups excluding carboxylic acids is 1. The summed E-state index contributed by atoms with van der Waals surface area (Å²) in [6.45, 7) is 6.41. The molecule has 1 aliphatic rings. The SMILES string of the molecule is COc1ccc(C(=O)Nc2ccc3c(c2)CN(C)CC3(C)C)cc1Cl. The molecular weight excluding hydrogens is 336 g/mol. The normalized spacial score (nSPS) is 16.2. The standard InChI is InChI=1S/C20H23ClN2O2/c1-20(2)12-23(3)11-14-9-15(6-7-16(14)20)22-19(24)13-5-8-18(25-4)17(21)10-13/h5-10H,11-12H2,1-4H3,(H,22,24). The summed E-state index contributed by atoms with van der Waals surface area (Å²) in [6, 6.07) is 11.2. The highest BCUT2D eigenvalue weighted by atomic mass is 35.5. The molecule has 0 saturated heterocycles. The van der Waals surface area contributed by atoms with Crippen LogP contribution < -0.4 is 10.1 Å². The Morgan fingerprint density at radius 1 is 1.24 bits per heavy atom. The smallest absolute Gasteiger partial charge is 0.255 e. The van der Waals surface area contributed by atoms with Crippen molar-refractivity contribution in [1.29, 1.82) is 0 Å². The number of methoxy groups -OCH3 is 1. The van der Waals surface area contributed by atoms with E-state index in [9.17, 15) is 4.79 Å². The summed E-state index contributed by atoms with van der Waals surface area (Å²) in [6.07, 6.45) is 0. The minimum absolute atomic E-state index is 0.106. The van der Waals surface area contributed by atoms with Crippen molar-refractivity contribution >= 4 is 23.2 Å². The quantitative estimate of drug-likeness (QED) is 0.888. The van der Waals surface area contributed by atoms with Crippen molar-refractivity contribution in [3.63, 3.8) is 0 Å². The number of fused-ring (bicyclic) bond motifs is 1. The Kier molecular flexibility index (Phi) is 4.76. The molecule has 0 bridgehead atoms. The molecule has 1 amide bonds. The Balaban J connectivity index is 1.83. The first-order chi connectivity index (χ1) is 11.8. The molecular formula is C20H23ClN2O2. The monoisotopic (exact) mass is 358 g/mol. The molecule has 4 nitrogen and oxygen atoms in total. The van der Waals surface area contributed by atoms with Crippen LogP contribution in [-0.2, 0) is 12.0 Å². The highest BCUT2D eigenvalue weighted by Crippen LogP contribution is 2.34. The lowest BCUT2D eigenvalue weighted by molar-refractivity contribution is 0.102. The van der Waals surface area contributed by atoms with E-state index >= 15 is 0 Å². The number of nitrogens with zero attached hydrogens (tertiary/aromatic N) is 1. The Morgan fingerprint density at radius 3 is 2.68 bits per heavy atom. The second-order valence-electron chi connectivity index (χ2n) is 7.23. The summed E-state index contributed by atoms with van der Waals surface area (Å²) in [5, 5.41) is 3.38. The van der Waals surface area contributed by atoms with Crippen molar-refractivity contribution in [2.24, 2.45) is 0 Å². The summed E-state index contributed by atoms with van der Waals surface area (Å²) < 4.78 is 5.12. The van der Waals surface area contributed by atoms with Crippen LogP contribution in [0.25, 0.3) is 0 Å². The molecule has 2 aromatic carbocycles. The second kappa shape index (κ2) is 6.70. The van der Waals surface area contributed by atoms with Crippen LogP contribution in [0.1, 0.15) is 35.3 Å². The predicted molar refractivity (Wildman–Crippen MR) is 102 cm³/mol. The molecule has 132 valence electrons. The Hall–Kier alpha value is -2.04. The molecule has 0 aromatic heterocycles. The van der Waals surface area contributed by atoms with E-state index in [0.717, 1.165) is 18.8 Å². The van der Waals surface area contributed by atoms with Crippen molar-refractivity contribution in [1.82, 2.24) is 4.90 Å². The lowest BCUT2D eigenvalue weighted by atomic mass is 9.78. The number of carbonyl (C=O) groups is 1. The third kappa shape index (κ3) is 3.65. The van der Waals surface area contributed by atoms with Crippen LogP contribution in [0.2, 0.25) is 5.02 Å². The summed E-state index contributed by atoms with van der Waals surface area (Å²) in [7, 11) is 3.67. The predicted octanol–water partition coefficient (Wildman–Crippen LogP) is 4.32. The zero-order valence-electron chi connectivity index (χ0n) is 15.0. The van der Waals surface area contributed by atoms with Crippen LogP contribution in [0.5, 0.6) is 5.75 Å². The van der Waals surface area contributed by atoms with Crippen LogP contribution in [-0.4, -0.2) is 31.5 Å². The number of amides is 1. The fourth-order valence-corrected chi connectivity index (χ4v) is 3.84. The largest absolute Gasteiger partial charge is 0.495 e. The number of hydrogen-bond donors (Lipinski definition) is 1. The maximum absolute atomic E-state index is 12.5. The van der Waals surface area contributed by atoms with Crippen LogP contribution in [0.15, 0.2) is 36.4 Å². The molecule has 0 unspecified atom stereocenters. The van der Waals surface area contributed by atoms with E-state index < -0.39 is 0 Å². The summed E-state index contributed by atoms with van der Waals surface area (Å²) in [4.78, 5) is 14.8. The second-order valence-corrected chi connectivity index (χ2v) is 7.64. The molecule has 0 saturated carbocycles. The van der Waals surface area contributed by atoms with Crippen LogP contribution in [0.3, 0.4) is 0 Å². The topological polar surface area (TPSA) is 41.6 Å². The first kappa shape index (κ1) is 17.8. The lowest BCUT2D eigenvalue weighted by Gasteiger charge is -2.38. The van der Waals surface area contributed by atoms with Gasteiger partial charge in [0.15, 0.2) is 0 Å². The van der Waals surface area contributed by atoms with Crippen LogP contribution in [0.4, 0.5) is 5.69 Å². The van der Waals surface area contributed by atoms with E-state index in [-0.39, 0.29) is 11.3 Å². The molecule has 3 rings (SSSR count). The average Bonchev–Trinajstić information content (AvgIpc) is 2.53. The molecule has 0 radical (unpaired) electrons. The molecule has 0 aliphatic carbocycles. The van der Waals surface area contributed by atoms with Gasteiger partial charge in [-0.15, -0.1) is 0 Å². The minimum atomic E-state index is -0.187. The molecule has 0 fully saturated rings. The van der Waals surface area contributed by atoms with Crippen LogP contribution in [0, 0.1) is 0 Å². The maximum atomic E-state index is 12.5. The summed E-state index contributed by atoms with van der Waals surface area (Å²) in [5.74, 6) is 0.366. The van der Waals surface area contributed by atoms with E-state index in [2.05, 4.69) is 43.2 Å². The zero-order chi connectivity index (χ0) is 18.2. The van der Waals surface area contributed by atoms with Gasteiger partial charge in [0.2, 0.25) is 0 Å². The van der Waals surface area contributed by atoms with E-state index in [1.807, 2.05) is 6.07 Å². The Labute approximate surface area is 153 Å². The van der Waals surface area contributed by atoms with Crippen molar-refractivity contribution in [3.05, 3.63) is 58.1 Å². The molecule has 0 spiro atoms. The van der Waals surface area contributed by atoms with Crippen molar-refractivity contribution < 1.29 is 9.53 Å². The van der Waals surface area contributed by atoms with E-state index in [1.54, 1.807) is 25.3 Å². The summed E-state index contributed by atoms with van der Waals surface area (Å²) >= 11 is 6.11. The van der Waals surface area contributed by atoms with Gasteiger partial charge in [-0.2, -0.15) is 0 Å². The van der Waals surface area contributed by atoms with Crippen LogP contribution >= 0.6 is 11.6 Å². The zero-order valence-corrected chi connectivity index (χ0v) is 15.8. The molecule has 5 heteroatoms. The molecule has 1 heterocycles. The molecule has 1 aliphatic heterocycles. The maximum Gasteiger partial charge on any atom is 0.255 e. The van der Waals surface area contributed by atoms with Gasteiger partial charge in [0.05, 0.1) is 12.1 Å². The van der Waals surface area contributed by atoms with Gasteiger partial charge < -0.3 is 15.0 Å². The highest BCUT2D eigenvalue weighted by molar-refractivity contribution is 6.32. The van der Waals surface area contributed by atoms with Gasteiger partial charge in [-0.25, -0.2) is 0 Å². The van der Waals surface area contributed by atoms with E-state index in [1.165, 1.54) is 11.1 Å². The van der Waals surface area contributed by atoms with Crippen molar-refractivity contribution in [2.45, 2.75) is 25.8 Å². The number of rotatable bonds is 3. The fraction of sp³-hybridized carbons (Fsp3) is 0.350.